The third kappa shape index (κ3) is 8.85. The van der Waals surface area contributed by atoms with Crippen molar-refractivity contribution in [2.24, 2.45) is 0 Å². The lowest BCUT2D eigenvalue weighted by molar-refractivity contribution is 0.261. The Morgan fingerprint density at radius 1 is 2.17 bits per heavy atom. The van der Waals surface area contributed by atoms with Crippen molar-refractivity contribution in [2.45, 2.75) is 26.2 Å². The van der Waals surface area contributed by atoms with Crippen LogP contribution in [0.5, 0.6) is 0 Å². The van der Waals surface area contributed by atoms with E-state index in [2.05, 4.69) is 0 Å². The molecule has 0 aromatic rings. The second-order valence-electron chi connectivity index (χ2n) is 0.863. The van der Waals surface area contributed by atoms with Crippen LogP contribution < -0.4 is 0 Å². The summed E-state index contributed by atoms with van der Waals surface area (Å²) >= 11 is 0.730. The van der Waals surface area contributed by atoms with Crippen LogP contribution in [0, 0.1) is 0 Å². The average Bonchev–Trinajstić information content (AvgIpc) is 1.65. The van der Waals surface area contributed by atoms with E-state index in [9.17, 15) is 0 Å². The Balaban J connectivity index is 0. The van der Waals surface area contributed by atoms with Crippen molar-refractivity contribution in [1.29, 1.82) is 1.12 Å². The van der Waals surface area contributed by atoms with Gasteiger partial charge in [-0.25, -0.2) is 0 Å². The third-order valence-electron chi connectivity index (χ3n) is 0.349. The predicted octanol–water partition coefficient (Wildman–Crippen LogP) is 1.28. The molecule has 1 atom stereocenters. The molecule has 0 aliphatic heterocycles. The van der Waals surface area contributed by atoms with E-state index in [0.717, 1.165) is 12.5 Å². The molecule has 0 aromatic heterocycles. The summed E-state index contributed by atoms with van der Waals surface area (Å²) in [6, 6.07) is 0. The minimum Gasteiger partial charge on any atom is -0.383 e. The number of thiol groups is 1. The summed E-state index contributed by atoms with van der Waals surface area (Å²) in [6.45, 7) is 1.84. The molecule has 0 bridgehead atoms. The van der Waals surface area contributed by atoms with E-state index in [1.165, 1.54) is 0 Å². The smallest absolute Gasteiger partial charge is 0.105 e. The van der Waals surface area contributed by atoms with Gasteiger partial charge in [-0.05, 0) is 6.42 Å². The van der Waals surface area contributed by atoms with Gasteiger partial charge in [0, 0.05) is 0 Å². The lowest BCUT2D eigenvalue weighted by atomic mass is 10.5. The summed E-state index contributed by atoms with van der Waals surface area (Å²) in [5, 5.41) is 8.44. The monoisotopic (exact) mass is 110 g/mol. The summed E-state index contributed by atoms with van der Waals surface area (Å²) in [5.41, 5.74) is -0.481. The number of hydrogen-bond donors (Lipinski definition) is 2. The molecule has 0 amide bonds. The summed E-state index contributed by atoms with van der Waals surface area (Å²) < 4.78 is 6.48. The highest BCUT2D eigenvalue weighted by Crippen LogP contribution is 1.90. The van der Waals surface area contributed by atoms with Gasteiger partial charge in [0.15, 0.2) is 0 Å². The molecule has 6 heavy (non-hydrogen) atoms. The fraction of sp³-hybridized carbons (Fsp3) is 1.00. The second kappa shape index (κ2) is 5.31. The predicted molar refractivity (Wildman–Crippen MR) is 32.0 cm³/mol. The van der Waals surface area contributed by atoms with Crippen molar-refractivity contribution >= 4 is 12.5 Å². The van der Waals surface area contributed by atoms with Crippen LogP contribution in [0.2, 0.25) is 0 Å². The Morgan fingerprint density at radius 2 is 2.67 bits per heavy atom. The van der Waals surface area contributed by atoms with Crippen molar-refractivity contribution in [3.8, 4) is 0 Å². The highest BCUT2D eigenvalue weighted by molar-refractivity contribution is 7.80. The van der Waals surface area contributed by atoms with E-state index in [4.69, 9.17) is 6.23 Å². The maximum Gasteiger partial charge on any atom is 0.105 e. The van der Waals surface area contributed by atoms with Gasteiger partial charge in [0.1, 0.15) is 1.12 Å². The molecule has 1 unspecified atom stereocenters. The summed E-state index contributed by atoms with van der Waals surface area (Å²) in [7, 11) is 0. The lowest BCUT2D eigenvalue weighted by Crippen LogP contribution is -1.88. The van der Waals surface area contributed by atoms with E-state index < -0.39 is 5.44 Å². The van der Waals surface area contributed by atoms with Crippen LogP contribution in [0.25, 0.3) is 0 Å². The standard InChI is InChI=1S/C3H8OS.CH4/c1-2-3(4)5;/h3-5H,2H2,1H3;1H4/i/hT. The molecule has 0 aliphatic carbocycles. The molecule has 0 aliphatic rings. The SMILES string of the molecule is C.[3H]SC(O)CC. The van der Waals surface area contributed by atoms with Crippen molar-refractivity contribution in [2.75, 3.05) is 0 Å². The molecular weight excluding hydrogens is 96.1 g/mol. The normalized spacial score (nSPS) is 14.7. The molecule has 0 aromatic carbocycles. The van der Waals surface area contributed by atoms with E-state index in [0.29, 0.717) is 6.42 Å². The Bertz CT molecular complexity index is 30.9. The second-order valence-corrected chi connectivity index (χ2v) is 1.41. The first-order chi connectivity index (χ1) is 2.81. The van der Waals surface area contributed by atoms with Crippen molar-refractivity contribution in [3.63, 3.8) is 0 Å². The molecule has 0 spiro atoms. The molecule has 2 heteroatoms. The van der Waals surface area contributed by atoms with E-state index in [-0.39, 0.29) is 7.43 Å². The first-order valence-corrected chi connectivity index (χ1v) is 2.08. The summed E-state index contributed by atoms with van der Waals surface area (Å²) in [5.74, 6) is 0. The lowest BCUT2D eigenvalue weighted by Gasteiger charge is -1.89. The van der Waals surface area contributed by atoms with Crippen LogP contribution in [0.15, 0.2) is 0 Å². The van der Waals surface area contributed by atoms with Gasteiger partial charge in [0.2, 0.25) is 0 Å². The molecule has 0 saturated heterocycles. The first kappa shape index (κ1) is 6.31. The minimum atomic E-state index is -0.481. The number of rotatable bonds is 2. The average molecular weight is 110 g/mol. The first-order valence-electron chi connectivity index (χ1n) is 2.02. The molecule has 1 N–H and O–H groups in total. The number of aliphatic hydroxyl groups is 1. The van der Waals surface area contributed by atoms with Crippen LogP contribution in [0.3, 0.4) is 0 Å². The number of hydrogen-bond acceptors (Lipinski definition) is 2. The fourth-order valence-corrected chi connectivity index (χ4v) is 0. The quantitative estimate of drug-likeness (QED) is 0.405. The number of aliphatic hydroxyl groups excluding tert-OH is 1. The molecule has 0 radical (unpaired) electrons. The zero-order chi connectivity index (χ0) is 4.99. The topological polar surface area (TPSA) is 20.2 Å². The van der Waals surface area contributed by atoms with E-state index in [1.807, 2.05) is 6.92 Å². The van der Waals surface area contributed by atoms with Crippen molar-refractivity contribution in [3.05, 3.63) is 0 Å². The Hall–Kier alpha value is 0.310. The molecular formula is C4H12OS. The Morgan fingerprint density at radius 3 is 2.67 bits per heavy atom. The van der Waals surface area contributed by atoms with Gasteiger partial charge in [0.05, 0.1) is 5.44 Å². The molecule has 0 rings (SSSR count). The molecule has 40 valence electrons. The highest BCUT2D eigenvalue weighted by Gasteiger charge is 1.82. The zero-order valence-corrected chi connectivity index (χ0v) is 3.96. The van der Waals surface area contributed by atoms with Crippen LogP contribution in [-0.2, 0) is 0 Å². The maximum absolute atomic E-state index is 8.44. The van der Waals surface area contributed by atoms with Crippen LogP contribution >= 0.6 is 12.5 Å². The summed E-state index contributed by atoms with van der Waals surface area (Å²) in [6.07, 6.45) is 0.661. The van der Waals surface area contributed by atoms with Crippen LogP contribution in [-0.4, -0.2) is 11.7 Å². The van der Waals surface area contributed by atoms with E-state index >= 15 is 0 Å². The fourth-order valence-electron chi connectivity index (χ4n) is 0. The van der Waals surface area contributed by atoms with Gasteiger partial charge in [0.25, 0.3) is 0 Å². The minimum absolute atomic E-state index is 0. The molecule has 0 fully saturated rings. The Labute approximate surface area is 45.9 Å². The van der Waals surface area contributed by atoms with Gasteiger partial charge in [-0.3, -0.25) is 0 Å². The largest absolute Gasteiger partial charge is 0.383 e. The third-order valence-corrected chi connectivity index (χ3v) is 0.683. The van der Waals surface area contributed by atoms with Crippen LogP contribution in [0.4, 0.5) is 0 Å². The van der Waals surface area contributed by atoms with Gasteiger partial charge < -0.3 is 5.11 Å². The van der Waals surface area contributed by atoms with Crippen molar-refractivity contribution < 1.29 is 5.11 Å². The van der Waals surface area contributed by atoms with E-state index in [1.54, 1.807) is 0 Å². The molecule has 0 heterocycles. The zero-order valence-electron chi connectivity index (χ0n) is 4.14. The highest BCUT2D eigenvalue weighted by atomic mass is 32.1. The van der Waals surface area contributed by atoms with Crippen LogP contribution in [0.1, 0.15) is 20.8 Å². The molecule has 1 nitrogen and oxygen atoms in total. The maximum atomic E-state index is 8.44. The molecule has 0 saturated carbocycles. The van der Waals surface area contributed by atoms with Gasteiger partial charge >= 0.3 is 0 Å². The Kier molecular flexibility index (Phi) is 5.58. The van der Waals surface area contributed by atoms with Gasteiger partial charge in [-0.1, -0.05) is 14.4 Å². The summed E-state index contributed by atoms with van der Waals surface area (Å²) in [4.78, 5) is 0. The van der Waals surface area contributed by atoms with Gasteiger partial charge in [-0.15, -0.1) is 12.5 Å². The van der Waals surface area contributed by atoms with Crippen molar-refractivity contribution in [1.82, 2.24) is 0 Å². The van der Waals surface area contributed by atoms with Gasteiger partial charge in [-0.2, -0.15) is 0 Å².